The molecule has 1 aromatic carbocycles. The van der Waals surface area contributed by atoms with Crippen LogP contribution in [0.1, 0.15) is 30.0 Å². The van der Waals surface area contributed by atoms with Gasteiger partial charge in [0.25, 0.3) is 0 Å². The Kier molecular flexibility index (Phi) is 7.26. The van der Waals surface area contributed by atoms with Crippen LogP contribution in [0, 0.1) is 16.7 Å². The molecule has 3 aromatic rings. The molecule has 214 valence electrons. The fraction of sp³-hybridized carbons (Fsp3) is 0.290. The minimum absolute atomic E-state index is 0.243. The molecule has 10 nitrogen and oxygen atoms in total. The van der Waals surface area contributed by atoms with Gasteiger partial charge in [-0.15, -0.1) is 0 Å². The van der Waals surface area contributed by atoms with Crippen molar-refractivity contribution in [3.8, 4) is 6.07 Å². The molecule has 4 aliphatic heterocycles. The molecule has 0 radical (unpaired) electrons. The molecule has 4 aliphatic rings. The zero-order chi connectivity index (χ0) is 29.4. The summed E-state index contributed by atoms with van der Waals surface area (Å²) in [5.41, 5.74) is 5.48. The van der Waals surface area contributed by atoms with Crippen LogP contribution in [0.4, 0.5) is 5.82 Å². The maximum absolute atomic E-state index is 11.8. The minimum atomic E-state index is -3.20. The van der Waals surface area contributed by atoms with Crippen LogP contribution < -0.4 is 10.2 Å². The van der Waals surface area contributed by atoms with E-state index in [4.69, 9.17) is 10.4 Å². The summed E-state index contributed by atoms with van der Waals surface area (Å²) in [6, 6.07) is 14.2. The number of piperidine rings is 1. The number of nitriles is 1. The molecule has 2 N–H and O–H groups in total. The van der Waals surface area contributed by atoms with Crippen molar-refractivity contribution in [1.82, 2.24) is 25.0 Å². The SMILES string of the molecule is CCn1cc(C2=CN/C(=C(/C#N)C=N)C(c3ccc(N4CC5CC(C4)N5Cc4ccc(S(C)(=O)=O)cc4)nc3)=C2)cn1. The van der Waals surface area contributed by atoms with Crippen molar-refractivity contribution in [3.05, 3.63) is 95.2 Å². The summed E-state index contributed by atoms with van der Waals surface area (Å²) < 4.78 is 25.4. The van der Waals surface area contributed by atoms with Gasteiger partial charge in [-0.25, -0.2) is 13.4 Å². The summed E-state index contributed by atoms with van der Waals surface area (Å²) >= 11 is 0. The molecule has 7 rings (SSSR count). The number of aryl methyl sites for hydroxylation is 1. The minimum Gasteiger partial charge on any atom is -0.359 e. The number of hydrogen-bond donors (Lipinski definition) is 2. The van der Waals surface area contributed by atoms with Crippen molar-refractivity contribution in [2.24, 2.45) is 0 Å². The van der Waals surface area contributed by atoms with Crippen molar-refractivity contribution in [1.29, 1.82) is 10.7 Å². The number of allylic oxidation sites excluding steroid dienone is 4. The Morgan fingerprint density at radius 1 is 1.14 bits per heavy atom. The van der Waals surface area contributed by atoms with E-state index in [0.29, 0.717) is 22.7 Å². The predicted octanol–water partition coefficient (Wildman–Crippen LogP) is 3.62. The molecule has 0 amide bonds. The van der Waals surface area contributed by atoms with Gasteiger partial charge in [-0.3, -0.25) is 9.58 Å². The van der Waals surface area contributed by atoms with E-state index < -0.39 is 9.84 Å². The number of sulfone groups is 1. The van der Waals surface area contributed by atoms with Gasteiger partial charge in [0, 0.05) is 91.6 Å². The quantitative estimate of drug-likeness (QED) is 0.305. The fourth-order valence-corrected chi connectivity index (χ4v) is 6.51. The van der Waals surface area contributed by atoms with Crippen molar-refractivity contribution < 1.29 is 8.42 Å². The summed E-state index contributed by atoms with van der Waals surface area (Å²) in [5, 5.41) is 25.0. The van der Waals surface area contributed by atoms with Crippen LogP contribution in [0.3, 0.4) is 0 Å². The number of fused-ring (bicyclic) bond motifs is 2. The van der Waals surface area contributed by atoms with E-state index in [-0.39, 0.29) is 5.57 Å². The average molecular weight is 581 g/mol. The summed E-state index contributed by atoms with van der Waals surface area (Å²) in [6.07, 6.45) is 12.9. The Hall–Kier alpha value is -4.53. The highest BCUT2D eigenvalue weighted by atomic mass is 32.2. The number of nitrogens with zero attached hydrogens (tertiary/aromatic N) is 6. The first-order valence-electron chi connectivity index (χ1n) is 13.9. The van der Waals surface area contributed by atoms with Gasteiger partial charge in [-0.1, -0.05) is 12.1 Å². The third-order valence-corrected chi connectivity index (χ3v) is 9.34. The smallest absolute Gasteiger partial charge is 0.175 e. The van der Waals surface area contributed by atoms with Gasteiger partial charge < -0.3 is 15.6 Å². The van der Waals surface area contributed by atoms with E-state index in [1.807, 2.05) is 66.7 Å². The van der Waals surface area contributed by atoms with E-state index in [1.54, 1.807) is 12.1 Å². The van der Waals surface area contributed by atoms with Crippen molar-refractivity contribution in [3.63, 3.8) is 0 Å². The summed E-state index contributed by atoms with van der Waals surface area (Å²) in [5.74, 6) is 0.910. The predicted molar refractivity (Wildman–Crippen MR) is 162 cm³/mol. The second-order valence-electron chi connectivity index (χ2n) is 10.9. The number of rotatable bonds is 8. The zero-order valence-electron chi connectivity index (χ0n) is 23.5. The first-order valence-corrected chi connectivity index (χ1v) is 15.8. The molecule has 3 fully saturated rings. The van der Waals surface area contributed by atoms with Crippen LogP contribution in [-0.2, 0) is 22.9 Å². The monoisotopic (exact) mass is 580 g/mol. The topological polar surface area (TPSA) is 131 Å². The Labute approximate surface area is 245 Å². The number of benzene rings is 1. The molecule has 2 aromatic heterocycles. The average Bonchev–Trinajstić information content (AvgIpc) is 3.50. The maximum Gasteiger partial charge on any atom is 0.175 e. The molecule has 6 heterocycles. The first kappa shape index (κ1) is 27.6. The molecule has 11 heteroatoms. The lowest BCUT2D eigenvalue weighted by Crippen LogP contribution is -2.68. The van der Waals surface area contributed by atoms with Crippen LogP contribution in [-0.4, -0.2) is 65.7 Å². The number of dihydropyridines is 1. The third kappa shape index (κ3) is 5.26. The van der Waals surface area contributed by atoms with Crippen molar-refractivity contribution >= 4 is 33.0 Å². The van der Waals surface area contributed by atoms with E-state index in [0.717, 1.165) is 72.5 Å². The molecule has 0 saturated carbocycles. The number of pyridine rings is 1. The Bertz CT molecular complexity index is 1750. The first-order chi connectivity index (χ1) is 20.3. The highest BCUT2D eigenvalue weighted by Gasteiger charge is 2.44. The molecule has 3 saturated heterocycles. The normalized spacial score (nSPS) is 21.4. The van der Waals surface area contributed by atoms with Crippen molar-refractivity contribution in [2.75, 3.05) is 24.2 Å². The largest absolute Gasteiger partial charge is 0.359 e. The standard InChI is InChI=1S/C31H32N8O2S/c1-3-38-18-25(16-36-38)23-10-29(31(35-15-23)24(12-32)13-33)22-6-9-30(34-14-22)37-19-26-11-27(20-37)39(26)17-21-4-7-28(8-5-21)42(2,40)41/h4-10,12,14-16,18,26-27,32,35H,3,11,17,19-20H2,1-2H3/b31-24+,32-12?. The summed E-state index contributed by atoms with van der Waals surface area (Å²) in [6.45, 7) is 5.36. The summed E-state index contributed by atoms with van der Waals surface area (Å²) in [7, 11) is -3.20. The highest BCUT2D eigenvalue weighted by molar-refractivity contribution is 7.90. The van der Waals surface area contributed by atoms with E-state index in [9.17, 15) is 13.7 Å². The van der Waals surface area contributed by atoms with Gasteiger partial charge in [0.1, 0.15) is 11.9 Å². The van der Waals surface area contributed by atoms with Crippen LogP contribution in [0.25, 0.3) is 11.1 Å². The third-order valence-electron chi connectivity index (χ3n) is 8.21. The van der Waals surface area contributed by atoms with Gasteiger partial charge in [0.2, 0.25) is 0 Å². The maximum atomic E-state index is 11.8. The van der Waals surface area contributed by atoms with Gasteiger partial charge in [0.15, 0.2) is 9.84 Å². The lowest BCUT2D eigenvalue weighted by molar-refractivity contribution is -0.00869. The zero-order valence-corrected chi connectivity index (χ0v) is 24.3. The number of aromatic nitrogens is 3. The van der Waals surface area contributed by atoms with E-state index in [2.05, 4.69) is 26.3 Å². The second kappa shape index (κ2) is 11.0. The lowest BCUT2D eigenvalue weighted by Gasteiger charge is -2.56. The number of nitrogens with one attached hydrogen (secondary N) is 2. The van der Waals surface area contributed by atoms with Gasteiger partial charge in [-0.2, -0.15) is 10.4 Å². The Morgan fingerprint density at radius 3 is 2.50 bits per heavy atom. The molecule has 2 atom stereocenters. The van der Waals surface area contributed by atoms with Gasteiger partial charge in [0.05, 0.1) is 22.4 Å². The highest BCUT2D eigenvalue weighted by Crippen LogP contribution is 2.36. The van der Waals surface area contributed by atoms with Gasteiger partial charge in [-0.05, 0) is 49.2 Å². The number of anilines is 1. The fourth-order valence-electron chi connectivity index (χ4n) is 5.88. The van der Waals surface area contributed by atoms with Crippen LogP contribution in [0.15, 0.2) is 83.4 Å². The lowest BCUT2D eigenvalue weighted by atomic mass is 9.86. The Morgan fingerprint density at radius 2 is 1.90 bits per heavy atom. The van der Waals surface area contributed by atoms with Crippen LogP contribution >= 0.6 is 0 Å². The van der Waals surface area contributed by atoms with Crippen LogP contribution in [0.5, 0.6) is 0 Å². The molecule has 42 heavy (non-hydrogen) atoms. The molecule has 2 bridgehead atoms. The van der Waals surface area contributed by atoms with Crippen molar-refractivity contribution in [2.45, 2.75) is 43.4 Å². The Balaban J connectivity index is 1.18. The molecular formula is C31H32N8O2S. The number of hydrogen-bond acceptors (Lipinski definition) is 9. The molecule has 2 unspecified atom stereocenters. The summed E-state index contributed by atoms with van der Waals surface area (Å²) in [4.78, 5) is 9.97. The molecular weight excluding hydrogens is 548 g/mol. The number of piperazine rings is 1. The second-order valence-corrected chi connectivity index (χ2v) is 12.9. The van der Waals surface area contributed by atoms with Crippen LogP contribution in [0.2, 0.25) is 0 Å². The van der Waals surface area contributed by atoms with E-state index >= 15 is 0 Å². The molecule has 0 aliphatic carbocycles. The van der Waals surface area contributed by atoms with Gasteiger partial charge >= 0.3 is 0 Å². The van der Waals surface area contributed by atoms with E-state index in [1.165, 1.54) is 6.26 Å². The molecule has 0 spiro atoms.